The summed E-state index contributed by atoms with van der Waals surface area (Å²) in [4.78, 5) is 12.0. The molecule has 2 rings (SSSR count). The minimum Gasteiger partial charge on any atom is -0.462 e. The molecule has 0 aliphatic carbocycles. The van der Waals surface area contributed by atoms with Crippen molar-refractivity contribution in [1.29, 1.82) is 0 Å². The number of carbonyl (C=O) groups excluding carboxylic acids is 1. The Hall–Kier alpha value is -1.67. The first kappa shape index (κ1) is 18.7. The number of ether oxygens (including phenoxy) is 1. The zero-order valence-electron chi connectivity index (χ0n) is 12.9. The topological polar surface area (TPSA) is 44.1 Å². The summed E-state index contributed by atoms with van der Waals surface area (Å²) in [6.07, 6.45) is -4.75. The summed E-state index contributed by atoms with van der Waals surface area (Å²) in [6, 6.07) is 6.99. The molecule has 1 aromatic heterocycles. The summed E-state index contributed by atoms with van der Waals surface area (Å²) >= 11 is 7.10. The van der Waals surface area contributed by atoms with E-state index in [0.29, 0.717) is 10.8 Å². The van der Waals surface area contributed by atoms with Gasteiger partial charge >= 0.3 is 12.1 Å². The Kier molecular flexibility index (Phi) is 5.82. The van der Waals surface area contributed by atoms with Crippen LogP contribution in [0.25, 0.3) is 0 Å². The van der Waals surface area contributed by atoms with E-state index in [1.165, 1.54) is 14.0 Å². The van der Waals surface area contributed by atoms with E-state index in [1.807, 2.05) is 0 Å². The maximum Gasteiger partial charge on any atom is 0.436 e. The second-order valence-electron chi connectivity index (χ2n) is 4.75. The fraction of sp³-hybridized carbons (Fsp3) is 0.333. The van der Waals surface area contributed by atoms with Gasteiger partial charge in [0, 0.05) is 17.8 Å². The van der Waals surface area contributed by atoms with Crippen molar-refractivity contribution in [3.05, 3.63) is 46.1 Å². The monoisotopic (exact) mass is 378 g/mol. The average Bonchev–Trinajstić information content (AvgIpc) is 2.84. The molecule has 0 aliphatic heterocycles. The summed E-state index contributed by atoms with van der Waals surface area (Å²) in [7, 11) is 1.35. The minimum absolute atomic E-state index is 0.0281. The van der Waals surface area contributed by atoms with Crippen LogP contribution >= 0.6 is 23.4 Å². The highest BCUT2D eigenvalue weighted by Crippen LogP contribution is 2.37. The van der Waals surface area contributed by atoms with Gasteiger partial charge in [-0.2, -0.15) is 18.3 Å². The van der Waals surface area contributed by atoms with Crippen molar-refractivity contribution in [3.8, 4) is 0 Å². The van der Waals surface area contributed by atoms with Gasteiger partial charge in [-0.1, -0.05) is 29.8 Å². The largest absolute Gasteiger partial charge is 0.462 e. The van der Waals surface area contributed by atoms with Gasteiger partial charge in [-0.25, -0.2) is 4.79 Å². The highest BCUT2D eigenvalue weighted by molar-refractivity contribution is 7.98. The van der Waals surface area contributed by atoms with Gasteiger partial charge in [0.05, 0.1) is 6.61 Å². The molecule has 9 heteroatoms. The number of nitrogens with zero attached hydrogens (tertiary/aromatic N) is 2. The Labute approximate surface area is 145 Å². The second kappa shape index (κ2) is 7.48. The number of benzene rings is 1. The minimum atomic E-state index is -4.75. The summed E-state index contributed by atoms with van der Waals surface area (Å²) in [6.45, 7) is 1.50. The quantitative estimate of drug-likeness (QED) is 0.565. The number of thioether (sulfide) groups is 1. The first-order valence-electron chi connectivity index (χ1n) is 6.93. The maximum atomic E-state index is 13.2. The average molecular weight is 379 g/mol. The van der Waals surface area contributed by atoms with Crippen LogP contribution in [0.15, 0.2) is 29.3 Å². The number of esters is 1. The Bertz CT molecular complexity index is 747. The maximum absolute atomic E-state index is 13.2. The van der Waals surface area contributed by atoms with Crippen LogP contribution in [0, 0.1) is 0 Å². The van der Waals surface area contributed by atoms with E-state index in [0.717, 1.165) is 22.0 Å². The molecule has 0 fully saturated rings. The molecule has 24 heavy (non-hydrogen) atoms. The number of hydrogen-bond acceptors (Lipinski definition) is 4. The SMILES string of the molecule is CCOC(=O)c1c(C(F)(F)F)nn(C)c1SCc1ccccc1Cl. The molecule has 0 amide bonds. The van der Waals surface area contributed by atoms with Crippen LogP contribution in [0.1, 0.15) is 28.5 Å². The lowest BCUT2D eigenvalue weighted by molar-refractivity contribution is -0.142. The zero-order chi connectivity index (χ0) is 17.9. The van der Waals surface area contributed by atoms with Crippen LogP contribution < -0.4 is 0 Å². The van der Waals surface area contributed by atoms with Crippen molar-refractivity contribution in [1.82, 2.24) is 9.78 Å². The molecule has 0 bridgehead atoms. The van der Waals surface area contributed by atoms with Crippen LogP contribution in [0.3, 0.4) is 0 Å². The Morgan fingerprint density at radius 1 is 1.38 bits per heavy atom. The third-order valence-electron chi connectivity index (χ3n) is 3.06. The van der Waals surface area contributed by atoms with Gasteiger partial charge in [0.15, 0.2) is 5.69 Å². The van der Waals surface area contributed by atoms with Crippen LogP contribution in [0.4, 0.5) is 13.2 Å². The number of carbonyl (C=O) groups is 1. The van der Waals surface area contributed by atoms with Crippen molar-refractivity contribution in [3.63, 3.8) is 0 Å². The molecule has 130 valence electrons. The van der Waals surface area contributed by atoms with Gasteiger partial charge in [0.2, 0.25) is 0 Å². The van der Waals surface area contributed by atoms with Crippen LogP contribution in [0.5, 0.6) is 0 Å². The van der Waals surface area contributed by atoms with E-state index in [2.05, 4.69) is 5.10 Å². The smallest absolute Gasteiger partial charge is 0.436 e. The molecule has 1 aromatic carbocycles. The van der Waals surface area contributed by atoms with Crippen LogP contribution in [-0.2, 0) is 23.7 Å². The third-order valence-corrected chi connectivity index (χ3v) is 4.63. The number of aryl methyl sites for hydroxylation is 1. The Morgan fingerprint density at radius 3 is 2.62 bits per heavy atom. The number of halogens is 4. The fourth-order valence-corrected chi connectivity index (χ4v) is 3.40. The molecular formula is C15H14ClF3N2O2S. The number of alkyl halides is 3. The van der Waals surface area contributed by atoms with Gasteiger partial charge in [-0.05, 0) is 18.6 Å². The van der Waals surface area contributed by atoms with Crippen molar-refractivity contribution in [2.75, 3.05) is 6.61 Å². The Morgan fingerprint density at radius 2 is 2.04 bits per heavy atom. The van der Waals surface area contributed by atoms with Crippen molar-refractivity contribution >= 4 is 29.3 Å². The molecule has 0 radical (unpaired) electrons. The molecular weight excluding hydrogens is 365 g/mol. The predicted octanol–water partition coefficient (Wildman–Crippen LogP) is 4.56. The van der Waals surface area contributed by atoms with E-state index in [9.17, 15) is 18.0 Å². The predicted molar refractivity (Wildman–Crippen MR) is 85.2 cm³/mol. The van der Waals surface area contributed by atoms with Crippen molar-refractivity contribution in [2.24, 2.45) is 7.05 Å². The van der Waals surface area contributed by atoms with E-state index in [-0.39, 0.29) is 11.6 Å². The van der Waals surface area contributed by atoms with Crippen molar-refractivity contribution in [2.45, 2.75) is 23.9 Å². The Balaban J connectivity index is 2.40. The fourth-order valence-electron chi connectivity index (χ4n) is 2.02. The van der Waals surface area contributed by atoms with Crippen LogP contribution in [0.2, 0.25) is 5.02 Å². The molecule has 4 nitrogen and oxygen atoms in total. The molecule has 0 atom stereocenters. The molecule has 0 spiro atoms. The molecule has 0 saturated heterocycles. The molecule has 0 N–H and O–H groups in total. The summed E-state index contributed by atoms with van der Waals surface area (Å²) in [5.74, 6) is -0.747. The normalized spacial score (nSPS) is 11.6. The molecule has 1 heterocycles. The highest BCUT2D eigenvalue weighted by Gasteiger charge is 2.41. The lowest BCUT2D eigenvalue weighted by atomic mass is 10.2. The first-order valence-corrected chi connectivity index (χ1v) is 8.29. The van der Waals surface area contributed by atoms with Gasteiger partial charge < -0.3 is 4.74 Å². The molecule has 0 aliphatic rings. The van der Waals surface area contributed by atoms with Crippen molar-refractivity contribution < 1.29 is 22.7 Å². The summed E-state index contributed by atoms with van der Waals surface area (Å²) < 4.78 is 45.3. The van der Waals surface area contributed by atoms with E-state index >= 15 is 0 Å². The lowest BCUT2D eigenvalue weighted by Crippen LogP contribution is -2.14. The van der Waals surface area contributed by atoms with Gasteiger partial charge in [-0.3, -0.25) is 4.68 Å². The zero-order valence-corrected chi connectivity index (χ0v) is 14.4. The number of hydrogen-bond donors (Lipinski definition) is 0. The highest BCUT2D eigenvalue weighted by atomic mass is 35.5. The second-order valence-corrected chi connectivity index (χ2v) is 6.12. The van der Waals surface area contributed by atoms with Gasteiger partial charge in [0.25, 0.3) is 0 Å². The molecule has 2 aromatic rings. The van der Waals surface area contributed by atoms with E-state index in [4.69, 9.17) is 16.3 Å². The van der Waals surface area contributed by atoms with E-state index in [1.54, 1.807) is 24.3 Å². The number of aromatic nitrogens is 2. The van der Waals surface area contributed by atoms with E-state index < -0.39 is 23.4 Å². The summed E-state index contributed by atoms with van der Waals surface area (Å²) in [5.41, 5.74) is -1.07. The van der Waals surface area contributed by atoms with Crippen LogP contribution in [-0.4, -0.2) is 22.4 Å². The lowest BCUT2D eigenvalue weighted by Gasteiger charge is -2.08. The third kappa shape index (κ3) is 4.05. The molecule has 0 saturated carbocycles. The standard InChI is InChI=1S/C15H14ClF3N2O2S/c1-3-23-14(22)11-12(15(17,18)19)20-21(2)13(11)24-8-9-6-4-5-7-10(9)16/h4-7H,3,8H2,1-2H3. The van der Waals surface area contributed by atoms with Gasteiger partial charge in [0.1, 0.15) is 10.6 Å². The van der Waals surface area contributed by atoms with Gasteiger partial charge in [-0.15, -0.1) is 11.8 Å². The first-order chi connectivity index (χ1) is 11.3. The molecule has 0 unspecified atom stereocenters. The number of rotatable bonds is 5. The summed E-state index contributed by atoms with van der Waals surface area (Å²) in [5, 5.41) is 4.04.